The molecule has 0 bridgehead atoms. The van der Waals surface area contributed by atoms with Gasteiger partial charge in [-0.05, 0) is 38.2 Å². The molecule has 0 spiro atoms. The number of nitrogens with zero attached hydrogens (tertiary/aromatic N) is 3. The molecule has 0 radical (unpaired) electrons. The fraction of sp³-hybridized carbons (Fsp3) is 0.412. The minimum absolute atomic E-state index is 0.00119. The molecule has 3 heterocycles. The zero-order valence-electron chi connectivity index (χ0n) is 13.8. The topological polar surface area (TPSA) is 79.0 Å². The lowest BCUT2D eigenvalue weighted by atomic mass is 9.94. The summed E-state index contributed by atoms with van der Waals surface area (Å²) in [5.41, 5.74) is 1.27. The van der Waals surface area contributed by atoms with Crippen LogP contribution in [-0.4, -0.2) is 45.1 Å². The zero-order valence-corrected chi connectivity index (χ0v) is 14.6. The van der Waals surface area contributed by atoms with Crippen LogP contribution < -0.4 is 5.56 Å². The van der Waals surface area contributed by atoms with E-state index in [2.05, 4.69) is 15.0 Å². The highest BCUT2D eigenvalue weighted by atomic mass is 32.2. The van der Waals surface area contributed by atoms with Crippen molar-refractivity contribution in [3.63, 3.8) is 0 Å². The summed E-state index contributed by atoms with van der Waals surface area (Å²) in [4.78, 5) is 37.8. The van der Waals surface area contributed by atoms with Crippen molar-refractivity contribution in [2.75, 3.05) is 19.3 Å². The number of hydrogen-bond acceptors (Lipinski definition) is 5. The van der Waals surface area contributed by atoms with Gasteiger partial charge in [0.2, 0.25) is 0 Å². The van der Waals surface area contributed by atoms with Crippen molar-refractivity contribution in [3.8, 4) is 0 Å². The molecule has 0 aromatic carbocycles. The third-order valence-corrected chi connectivity index (χ3v) is 4.91. The van der Waals surface area contributed by atoms with Crippen LogP contribution >= 0.6 is 11.8 Å². The molecule has 24 heavy (non-hydrogen) atoms. The Labute approximate surface area is 144 Å². The molecule has 0 saturated carbocycles. The van der Waals surface area contributed by atoms with Gasteiger partial charge >= 0.3 is 0 Å². The van der Waals surface area contributed by atoms with E-state index >= 15 is 0 Å². The summed E-state index contributed by atoms with van der Waals surface area (Å²) in [6.07, 6.45) is 5.45. The minimum Gasteiger partial charge on any atom is -0.338 e. The number of rotatable bonds is 3. The van der Waals surface area contributed by atoms with E-state index in [0.29, 0.717) is 17.9 Å². The predicted molar refractivity (Wildman–Crippen MR) is 93.5 cm³/mol. The number of amides is 1. The predicted octanol–water partition coefficient (Wildman–Crippen LogP) is 2.22. The van der Waals surface area contributed by atoms with E-state index in [4.69, 9.17) is 0 Å². The SMILES string of the molecule is CSc1ncccc1C(=O)N1CCC[C@H](c2cc(=O)[nH]c(C)n2)C1. The highest BCUT2D eigenvalue weighted by Crippen LogP contribution is 2.27. The molecule has 126 valence electrons. The Morgan fingerprint density at radius 2 is 2.29 bits per heavy atom. The molecule has 2 aromatic rings. The Hall–Kier alpha value is -2.15. The van der Waals surface area contributed by atoms with Crippen LogP contribution in [0.1, 0.15) is 40.6 Å². The molecule has 1 N–H and O–H groups in total. The van der Waals surface area contributed by atoms with Crippen LogP contribution in [-0.2, 0) is 0 Å². The van der Waals surface area contributed by atoms with E-state index in [0.717, 1.165) is 30.1 Å². The van der Waals surface area contributed by atoms with Crippen LogP contribution in [0.15, 0.2) is 34.2 Å². The van der Waals surface area contributed by atoms with Gasteiger partial charge in [-0.1, -0.05) is 0 Å². The van der Waals surface area contributed by atoms with Crippen LogP contribution in [0, 0.1) is 6.92 Å². The zero-order chi connectivity index (χ0) is 17.1. The molecule has 1 atom stereocenters. The van der Waals surface area contributed by atoms with E-state index in [9.17, 15) is 9.59 Å². The number of carbonyl (C=O) groups excluding carboxylic acids is 1. The average molecular weight is 344 g/mol. The molecule has 1 saturated heterocycles. The Kier molecular flexibility index (Phi) is 4.99. The molecule has 6 nitrogen and oxygen atoms in total. The molecular weight excluding hydrogens is 324 g/mol. The van der Waals surface area contributed by atoms with Crippen LogP contribution in [0.3, 0.4) is 0 Å². The van der Waals surface area contributed by atoms with Crippen molar-refractivity contribution in [2.24, 2.45) is 0 Å². The molecule has 3 rings (SSSR count). The number of aromatic nitrogens is 3. The molecule has 0 aliphatic carbocycles. The van der Waals surface area contributed by atoms with E-state index in [1.54, 1.807) is 25.3 Å². The number of pyridine rings is 1. The van der Waals surface area contributed by atoms with Gasteiger partial charge in [0.1, 0.15) is 10.9 Å². The number of aromatic amines is 1. The molecule has 1 amide bonds. The summed E-state index contributed by atoms with van der Waals surface area (Å²) >= 11 is 1.47. The quantitative estimate of drug-likeness (QED) is 0.864. The lowest BCUT2D eigenvalue weighted by Gasteiger charge is -2.32. The maximum absolute atomic E-state index is 12.9. The Balaban J connectivity index is 1.82. The largest absolute Gasteiger partial charge is 0.338 e. The molecule has 0 unspecified atom stereocenters. The number of carbonyl (C=O) groups is 1. The highest BCUT2D eigenvalue weighted by molar-refractivity contribution is 7.98. The van der Waals surface area contributed by atoms with Crippen LogP contribution in [0.25, 0.3) is 0 Å². The van der Waals surface area contributed by atoms with Crippen LogP contribution in [0.4, 0.5) is 0 Å². The molecule has 1 aliphatic rings. The van der Waals surface area contributed by atoms with Gasteiger partial charge in [-0.15, -0.1) is 11.8 Å². The normalized spacial score (nSPS) is 17.8. The van der Waals surface area contributed by atoms with Crippen molar-refractivity contribution in [2.45, 2.75) is 30.7 Å². The van der Waals surface area contributed by atoms with E-state index in [-0.39, 0.29) is 17.4 Å². The van der Waals surface area contributed by atoms with Crippen molar-refractivity contribution in [3.05, 3.63) is 51.8 Å². The number of nitrogens with one attached hydrogen (secondary N) is 1. The third-order valence-electron chi connectivity index (χ3n) is 4.20. The van der Waals surface area contributed by atoms with Crippen LogP contribution in [0.2, 0.25) is 0 Å². The fourth-order valence-corrected chi connectivity index (χ4v) is 3.64. The molecule has 1 fully saturated rings. The fourth-order valence-electron chi connectivity index (χ4n) is 3.10. The van der Waals surface area contributed by atoms with Crippen molar-refractivity contribution in [1.82, 2.24) is 19.9 Å². The second-order valence-corrected chi connectivity index (χ2v) is 6.70. The molecule has 1 aliphatic heterocycles. The third kappa shape index (κ3) is 3.51. The van der Waals surface area contributed by atoms with Gasteiger partial charge in [0.25, 0.3) is 11.5 Å². The second kappa shape index (κ2) is 7.17. The van der Waals surface area contributed by atoms with E-state index < -0.39 is 0 Å². The van der Waals surface area contributed by atoms with Crippen molar-refractivity contribution < 1.29 is 4.79 Å². The molecular formula is C17H20N4O2S. The van der Waals surface area contributed by atoms with Gasteiger partial charge in [0.05, 0.1) is 11.3 Å². The maximum Gasteiger partial charge on any atom is 0.256 e. The minimum atomic E-state index is -0.141. The van der Waals surface area contributed by atoms with E-state index in [1.807, 2.05) is 17.2 Å². The first-order valence-corrected chi connectivity index (χ1v) is 9.17. The Bertz CT molecular complexity index is 805. The molecule has 2 aromatic heterocycles. The standard InChI is InChI=1S/C17H20N4O2S/c1-11-19-14(9-15(22)20-11)12-5-4-8-21(10-12)17(23)13-6-3-7-18-16(13)24-2/h3,6-7,9,12H,4-5,8,10H2,1-2H3,(H,19,20,22)/t12-/m0/s1. The maximum atomic E-state index is 12.9. The van der Waals surface area contributed by atoms with Gasteiger partial charge in [0, 0.05) is 31.3 Å². The number of likely N-dealkylation sites (tertiary alicyclic amines) is 1. The van der Waals surface area contributed by atoms with Crippen molar-refractivity contribution >= 4 is 17.7 Å². The van der Waals surface area contributed by atoms with Crippen molar-refractivity contribution in [1.29, 1.82) is 0 Å². The summed E-state index contributed by atoms with van der Waals surface area (Å²) in [7, 11) is 0. The summed E-state index contributed by atoms with van der Waals surface area (Å²) in [5.74, 6) is 0.703. The second-order valence-electron chi connectivity index (χ2n) is 5.91. The van der Waals surface area contributed by atoms with Crippen LogP contribution in [0.5, 0.6) is 0 Å². The van der Waals surface area contributed by atoms with Gasteiger partial charge in [-0.3, -0.25) is 9.59 Å². The first-order valence-electron chi connectivity index (χ1n) is 7.94. The summed E-state index contributed by atoms with van der Waals surface area (Å²) < 4.78 is 0. The number of hydrogen-bond donors (Lipinski definition) is 1. The van der Waals surface area contributed by atoms with E-state index in [1.165, 1.54) is 11.8 Å². The average Bonchev–Trinajstić information content (AvgIpc) is 2.60. The lowest BCUT2D eigenvalue weighted by Crippen LogP contribution is -2.39. The number of thioether (sulfide) groups is 1. The monoisotopic (exact) mass is 344 g/mol. The Morgan fingerprint density at radius 3 is 3.04 bits per heavy atom. The first-order chi connectivity index (χ1) is 11.6. The Morgan fingerprint density at radius 1 is 1.46 bits per heavy atom. The number of piperidine rings is 1. The van der Waals surface area contributed by atoms with Gasteiger partial charge < -0.3 is 9.88 Å². The lowest BCUT2D eigenvalue weighted by molar-refractivity contribution is 0.0701. The summed E-state index contributed by atoms with van der Waals surface area (Å²) in [5, 5.41) is 0.745. The number of H-pyrrole nitrogens is 1. The van der Waals surface area contributed by atoms with Gasteiger partial charge in [-0.2, -0.15) is 0 Å². The number of aryl methyl sites for hydroxylation is 1. The van der Waals surface area contributed by atoms with Gasteiger partial charge in [-0.25, -0.2) is 9.97 Å². The summed E-state index contributed by atoms with van der Waals surface area (Å²) in [6.45, 7) is 3.08. The summed E-state index contributed by atoms with van der Waals surface area (Å²) in [6, 6.07) is 5.15. The molecule has 7 heteroatoms. The smallest absolute Gasteiger partial charge is 0.256 e. The van der Waals surface area contributed by atoms with Gasteiger partial charge in [0.15, 0.2) is 0 Å². The first kappa shape index (κ1) is 16.7. The highest BCUT2D eigenvalue weighted by Gasteiger charge is 2.27.